The van der Waals surface area contributed by atoms with Gasteiger partial charge in [-0.1, -0.05) is 12.1 Å². The van der Waals surface area contributed by atoms with Gasteiger partial charge in [0.05, 0.1) is 5.56 Å². The van der Waals surface area contributed by atoms with Gasteiger partial charge in [0.1, 0.15) is 5.78 Å². The van der Waals surface area contributed by atoms with Crippen molar-refractivity contribution in [2.75, 3.05) is 26.2 Å². The second kappa shape index (κ2) is 7.45. The normalized spacial score (nSPS) is 14.8. The van der Waals surface area contributed by atoms with E-state index in [9.17, 15) is 14.4 Å². The number of carbonyl (C=O) groups excluding carboxylic acids is 3. The Morgan fingerprint density at radius 3 is 2.18 bits per heavy atom. The summed E-state index contributed by atoms with van der Waals surface area (Å²) in [6.45, 7) is 3.52. The SMILES string of the molecule is CC(=O)CCC(=O)N1CCN(C(=O)c2ccccc2S)CC1. The predicted molar refractivity (Wildman–Crippen MR) is 86.1 cm³/mol. The van der Waals surface area contributed by atoms with E-state index < -0.39 is 0 Å². The zero-order valence-electron chi connectivity index (χ0n) is 12.6. The summed E-state index contributed by atoms with van der Waals surface area (Å²) in [5.41, 5.74) is 0.585. The van der Waals surface area contributed by atoms with Crippen LogP contribution in [0.25, 0.3) is 0 Å². The van der Waals surface area contributed by atoms with E-state index in [2.05, 4.69) is 12.6 Å². The molecule has 0 N–H and O–H groups in total. The molecule has 0 bridgehead atoms. The molecule has 0 atom stereocenters. The molecular weight excluding hydrogens is 300 g/mol. The van der Waals surface area contributed by atoms with Crippen LogP contribution in [-0.2, 0) is 9.59 Å². The zero-order chi connectivity index (χ0) is 16.1. The van der Waals surface area contributed by atoms with E-state index in [4.69, 9.17) is 0 Å². The summed E-state index contributed by atoms with van der Waals surface area (Å²) in [7, 11) is 0. The van der Waals surface area contributed by atoms with Gasteiger partial charge in [0.2, 0.25) is 5.91 Å². The maximum Gasteiger partial charge on any atom is 0.255 e. The van der Waals surface area contributed by atoms with Crippen LogP contribution in [0.1, 0.15) is 30.1 Å². The van der Waals surface area contributed by atoms with Crippen LogP contribution in [0.15, 0.2) is 29.2 Å². The molecule has 1 fully saturated rings. The van der Waals surface area contributed by atoms with Gasteiger partial charge in [-0.25, -0.2) is 0 Å². The molecule has 0 saturated carbocycles. The lowest BCUT2D eigenvalue weighted by Gasteiger charge is -2.35. The average molecular weight is 320 g/mol. The Labute approximate surface area is 135 Å². The van der Waals surface area contributed by atoms with Crippen molar-refractivity contribution in [1.82, 2.24) is 9.80 Å². The van der Waals surface area contributed by atoms with Crippen LogP contribution in [-0.4, -0.2) is 53.6 Å². The highest BCUT2D eigenvalue weighted by atomic mass is 32.1. The summed E-state index contributed by atoms with van der Waals surface area (Å²) in [4.78, 5) is 39.5. The minimum atomic E-state index is -0.0542. The quantitative estimate of drug-likeness (QED) is 0.858. The Balaban J connectivity index is 1.89. The first kappa shape index (κ1) is 16.5. The molecule has 0 spiro atoms. The molecule has 1 aliphatic rings. The minimum absolute atomic E-state index is 0.0168. The van der Waals surface area contributed by atoms with Crippen molar-refractivity contribution in [2.45, 2.75) is 24.7 Å². The van der Waals surface area contributed by atoms with Crippen LogP contribution >= 0.6 is 12.6 Å². The van der Waals surface area contributed by atoms with E-state index in [1.165, 1.54) is 6.92 Å². The number of rotatable bonds is 4. The van der Waals surface area contributed by atoms with Crippen molar-refractivity contribution in [3.05, 3.63) is 29.8 Å². The molecule has 0 aromatic heterocycles. The number of Topliss-reactive ketones (excluding diaryl/α,β-unsaturated/α-hetero) is 1. The van der Waals surface area contributed by atoms with Crippen molar-refractivity contribution < 1.29 is 14.4 Å². The molecule has 1 heterocycles. The monoisotopic (exact) mass is 320 g/mol. The molecule has 1 aromatic rings. The van der Waals surface area contributed by atoms with Crippen molar-refractivity contribution >= 4 is 30.2 Å². The maximum atomic E-state index is 12.4. The number of thiol groups is 1. The molecule has 6 heteroatoms. The molecule has 5 nitrogen and oxygen atoms in total. The molecule has 1 saturated heterocycles. The second-order valence-corrected chi connectivity index (χ2v) is 5.87. The van der Waals surface area contributed by atoms with Crippen molar-refractivity contribution in [2.24, 2.45) is 0 Å². The standard InChI is InChI=1S/C16H20N2O3S/c1-12(19)6-7-15(20)17-8-10-18(11-9-17)16(21)13-4-2-3-5-14(13)22/h2-5,22H,6-11H2,1H3. The van der Waals surface area contributed by atoms with Crippen LogP contribution in [0.3, 0.4) is 0 Å². The first-order chi connectivity index (χ1) is 10.5. The van der Waals surface area contributed by atoms with Crippen LogP contribution < -0.4 is 0 Å². The highest BCUT2D eigenvalue weighted by Crippen LogP contribution is 2.16. The Morgan fingerprint density at radius 2 is 1.59 bits per heavy atom. The fourth-order valence-corrected chi connectivity index (χ4v) is 2.68. The van der Waals surface area contributed by atoms with Crippen molar-refractivity contribution in [1.29, 1.82) is 0 Å². The van der Waals surface area contributed by atoms with E-state index in [0.29, 0.717) is 36.6 Å². The molecule has 22 heavy (non-hydrogen) atoms. The van der Waals surface area contributed by atoms with Gasteiger partial charge in [-0.15, -0.1) is 12.6 Å². The first-order valence-corrected chi connectivity index (χ1v) is 7.78. The molecule has 118 valence electrons. The summed E-state index contributed by atoms with van der Waals surface area (Å²) < 4.78 is 0. The van der Waals surface area contributed by atoms with E-state index in [-0.39, 0.29) is 30.4 Å². The van der Waals surface area contributed by atoms with Gasteiger partial charge in [0.25, 0.3) is 5.91 Å². The van der Waals surface area contributed by atoms with Crippen LogP contribution in [0.4, 0.5) is 0 Å². The summed E-state index contributed by atoms with van der Waals surface area (Å²) in [5, 5.41) is 0. The van der Waals surface area contributed by atoms with Gasteiger partial charge in [-0.2, -0.15) is 0 Å². The molecule has 1 aromatic carbocycles. The smallest absolute Gasteiger partial charge is 0.255 e. The maximum absolute atomic E-state index is 12.4. The summed E-state index contributed by atoms with van der Waals surface area (Å²) >= 11 is 4.31. The molecule has 2 rings (SSSR count). The van der Waals surface area contributed by atoms with Crippen molar-refractivity contribution in [3.63, 3.8) is 0 Å². The highest BCUT2D eigenvalue weighted by Gasteiger charge is 2.25. The van der Waals surface area contributed by atoms with Gasteiger partial charge >= 0.3 is 0 Å². The lowest BCUT2D eigenvalue weighted by Crippen LogP contribution is -2.50. The molecule has 0 aliphatic carbocycles. The number of hydrogen-bond acceptors (Lipinski definition) is 4. The lowest BCUT2D eigenvalue weighted by atomic mass is 10.1. The van der Waals surface area contributed by atoms with Gasteiger partial charge in [-0.3, -0.25) is 9.59 Å². The third kappa shape index (κ3) is 4.10. The third-order valence-electron chi connectivity index (χ3n) is 3.74. The summed E-state index contributed by atoms with van der Waals surface area (Å²) in [6.07, 6.45) is 0.535. The van der Waals surface area contributed by atoms with E-state index in [1.807, 2.05) is 12.1 Å². The van der Waals surface area contributed by atoms with E-state index in [1.54, 1.807) is 21.9 Å². The molecule has 1 aliphatic heterocycles. The van der Waals surface area contributed by atoms with Crippen LogP contribution in [0, 0.1) is 0 Å². The Hall–Kier alpha value is -1.82. The van der Waals surface area contributed by atoms with Gasteiger partial charge in [0, 0.05) is 43.9 Å². The second-order valence-electron chi connectivity index (χ2n) is 5.39. The molecule has 0 radical (unpaired) electrons. The lowest BCUT2D eigenvalue weighted by molar-refractivity contribution is -0.134. The molecule has 2 amide bonds. The zero-order valence-corrected chi connectivity index (χ0v) is 13.5. The topological polar surface area (TPSA) is 57.7 Å². The summed E-state index contributed by atoms with van der Waals surface area (Å²) in [6, 6.07) is 7.20. The van der Waals surface area contributed by atoms with Gasteiger partial charge < -0.3 is 14.6 Å². The fourth-order valence-electron chi connectivity index (χ4n) is 2.42. The number of nitrogens with zero attached hydrogens (tertiary/aromatic N) is 2. The fraction of sp³-hybridized carbons (Fsp3) is 0.438. The van der Waals surface area contributed by atoms with Gasteiger partial charge in [-0.05, 0) is 19.1 Å². The minimum Gasteiger partial charge on any atom is -0.339 e. The third-order valence-corrected chi connectivity index (χ3v) is 4.13. The number of benzene rings is 1. The number of carbonyl (C=O) groups is 3. The Kier molecular flexibility index (Phi) is 5.60. The Morgan fingerprint density at radius 1 is 1.00 bits per heavy atom. The first-order valence-electron chi connectivity index (χ1n) is 7.33. The number of amides is 2. The number of hydrogen-bond donors (Lipinski definition) is 1. The Bertz CT molecular complexity index is 581. The molecule has 0 unspecified atom stereocenters. The van der Waals surface area contributed by atoms with Crippen LogP contribution in [0.2, 0.25) is 0 Å². The van der Waals surface area contributed by atoms with Crippen LogP contribution in [0.5, 0.6) is 0 Å². The van der Waals surface area contributed by atoms with Crippen molar-refractivity contribution in [3.8, 4) is 0 Å². The number of ketones is 1. The number of piperazine rings is 1. The van der Waals surface area contributed by atoms with E-state index in [0.717, 1.165) is 0 Å². The molecular formula is C16H20N2O3S. The highest BCUT2D eigenvalue weighted by molar-refractivity contribution is 7.80. The van der Waals surface area contributed by atoms with Gasteiger partial charge in [0.15, 0.2) is 0 Å². The summed E-state index contributed by atoms with van der Waals surface area (Å²) in [5.74, 6) is -0.0501. The van der Waals surface area contributed by atoms with E-state index >= 15 is 0 Å². The average Bonchev–Trinajstić information content (AvgIpc) is 2.52. The largest absolute Gasteiger partial charge is 0.339 e. The predicted octanol–water partition coefficient (Wildman–Crippen LogP) is 1.63.